The molecule has 0 aliphatic carbocycles. The number of carbonyl (C=O) groups is 1. The SMILES string of the molecule is CC(=O)c1ccc2c(c1O)C[C@@H]1CCO[C@]1(C)O2. The van der Waals surface area contributed by atoms with Crippen LogP contribution >= 0.6 is 0 Å². The second-order valence-corrected chi connectivity index (χ2v) is 5.15. The van der Waals surface area contributed by atoms with Gasteiger partial charge < -0.3 is 14.6 Å². The molecule has 0 bridgehead atoms. The molecule has 4 nitrogen and oxygen atoms in total. The maximum atomic E-state index is 11.4. The molecular formula is C14H16O4. The molecule has 1 aromatic carbocycles. The summed E-state index contributed by atoms with van der Waals surface area (Å²) in [6.45, 7) is 4.06. The van der Waals surface area contributed by atoms with E-state index >= 15 is 0 Å². The van der Waals surface area contributed by atoms with Crippen LogP contribution in [0.1, 0.15) is 36.2 Å². The predicted octanol–water partition coefficient (Wildman–Crippen LogP) is 2.28. The van der Waals surface area contributed by atoms with Crippen LogP contribution in [-0.4, -0.2) is 23.3 Å². The molecule has 0 unspecified atom stereocenters. The third-order valence-electron chi connectivity index (χ3n) is 3.98. The van der Waals surface area contributed by atoms with Gasteiger partial charge in [-0.15, -0.1) is 0 Å². The van der Waals surface area contributed by atoms with Crippen LogP contribution in [-0.2, 0) is 11.2 Å². The third kappa shape index (κ3) is 1.52. The van der Waals surface area contributed by atoms with Crippen LogP contribution in [0, 0.1) is 5.92 Å². The summed E-state index contributed by atoms with van der Waals surface area (Å²) in [6.07, 6.45) is 1.61. The second-order valence-electron chi connectivity index (χ2n) is 5.15. The van der Waals surface area contributed by atoms with Gasteiger partial charge in [0.2, 0.25) is 5.79 Å². The summed E-state index contributed by atoms with van der Waals surface area (Å²) in [5.74, 6) is 0.202. The van der Waals surface area contributed by atoms with Gasteiger partial charge in [0.15, 0.2) is 5.78 Å². The van der Waals surface area contributed by atoms with Crippen molar-refractivity contribution in [1.29, 1.82) is 0 Å². The Kier molecular flexibility index (Phi) is 2.38. The number of carbonyl (C=O) groups excluding carboxylic acids is 1. The highest BCUT2D eigenvalue weighted by Gasteiger charge is 2.46. The highest BCUT2D eigenvalue weighted by Crippen LogP contribution is 2.46. The summed E-state index contributed by atoms with van der Waals surface area (Å²) in [5, 5.41) is 10.2. The highest BCUT2D eigenvalue weighted by molar-refractivity contribution is 5.97. The minimum atomic E-state index is -0.586. The fraction of sp³-hybridized carbons (Fsp3) is 0.500. The van der Waals surface area contributed by atoms with Gasteiger partial charge in [-0.3, -0.25) is 4.79 Å². The standard InChI is InChI=1S/C14H16O4/c1-8(15)10-3-4-12-11(13(10)16)7-9-5-6-17-14(9,2)18-12/h3-4,9,16H,5-7H2,1-2H3/t9-,14+/m0/s1. The van der Waals surface area contributed by atoms with Crippen molar-refractivity contribution in [1.82, 2.24) is 0 Å². The molecule has 96 valence electrons. The number of Topliss-reactive ketones (excluding diaryl/α,β-unsaturated/α-hetero) is 1. The van der Waals surface area contributed by atoms with Crippen LogP contribution in [0.15, 0.2) is 12.1 Å². The van der Waals surface area contributed by atoms with Crippen LogP contribution < -0.4 is 4.74 Å². The molecule has 3 rings (SSSR count). The summed E-state index contributed by atoms with van der Waals surface area (Å²) in [4.78, 5) is 11.4. The molecule has 2 atom stereocenters. The predicted molar refractivity (Wildman–Crippen MR) is 64.9 cm³/mol. The number of phenols is 1. The fourth-order valence-electron chi connectivity index (χ4n) is 2.84. The Morgan fingerprint density at radius 2 is 2.28 bits per heavy atom. The summed E-state index contributed by atoms with van der Waals surface area (Å²) in [5.41, 5.74) is 1.09. The van der Waals surface area contributed by atoms with Crippen molar-refractivity contribution >= 4 is 5.78 Å². The van der Waals surface area contributed by atoms with E-state index in [2.05, 4.69) is 0 Å². The third-order valence-corrected chi connectivity index (χ3v) is 3.98. The Hall–Kier alpha value is -1.55. The normalized spacial score (nSPS) is 29.3. The molecule has 0 radical (unpaired) electrons. The number of phenolic OH excluding ortho intramolecular Hbond substituents is 1. The molecule has 0 spiro atoms. The zero-order valence-corrected chi connectivity index (χ0v) is 10.5. The van der Waals surface area contributed by atoms with Crippen molar-refractivity contribution in [2.45, 2.75) is 32.5 Å². The van der Waals surface area contributed by atoms with Gasteiger partial charge in [0.25, 0.3) is 0 Å². The first-order valence-electron chi connectivity index (χ1n) is 6.20. The largest absolute Gasteiger partial charge is 0.507 e. The van der Waals surface area contributed by atoms with Crippen molar-refractivity contribution in [3.8, 4) is 11.5 Å². The maximum Gasteiger partial charge on any atom is 0.210 e. The first kappa shape index (κ1) is 11.5. The van der Waals surface area contributed by atoms with Gasteiger partial charge in [-0.1, -0.05) is 0 Å². The molecule has 2 heterocycles. The molecule has 2 aliphatic heterocycles. The van der Waals surface area contributed by atoms with Crippen LogP contribution in [0.25, 0.3) is 0 Å². The minimum absolute atomic E-state index is 0.0638. The van der Waals surface area contributed by atoms with Gasteiger partial charge in [-0.25, -0.2) is 0 Å². The second kappa shape index (κ2) is 3.72. The monoisotopic (exact) mass is 248 g/mol. The molecule has 18 heavy (non-hydrogen) atoms. The van der Waals surface area contributed by atoms with Gasteiger partial charge in [0.1, 0.15) is 11.5 Å². The van der Waals surface area contributed by atoms with E-state index in [1.165, 1.54) is 6.92 Å². The molecule has 1 aromatic rings. The Morgan fingerprint density at radius 3 is 3.00 bits per heavy atom. The first-order chi connectivity index (χ1) is 8.51. The summed E-state index contributed by atoms with van der Waals surface area (Å²) >= 11 is 0. The molecule has 0 aromatic heterocycles. The zero-order chi connectivity index (χ0) is 12.9. The Morgan fingerprint density at radius 1 is 1.50 bits per heavy atom. The average Bonchev–Trinajstić information content (AvgIpc) is 2.67. The number of rotatable bonds is 1. The molecule has 0 amide bonds. The van der Waals surface area contributed by atoms with Crippen LogP contribution in [0.2, 0.25) is 0 Å². The molecule has 0 saturated carbocycles. The number of hydrogen-bond donors (Lipinski definition) is 1. The van der Waals surface area contributed by atoms with E-state index in [1.807, 2.05) is 6.92 Å². The molecule has 4 heteroatoms. The lowest BCUT2D eigenvalue weighted by molar-refractivity contribution is -0.165. The lowest BCUT2D eigenvalue weighted by atomic mass is 9.87. The molecular weight excluding hydrogens is 232 g/mol. The molecule has 1 fully saturated rings. The zero-order valence-electron chi connectivity index (χ0n) is 10.5. The minimum Gasteiger partial charge on any atom is -0.507 e. The summed E-state index contributed by atoms with van der Waals surface area (Å²) in [7, 11) is 0. The first-order valence-corrected chi connectivity index (χ1v) is 6.20. The average molecular weight is 248 g/mol. The highest BCUT2D eigenvalue weighted by atomic mass is 16.7. The van der Waals surface area contributed by atoms with Crippen molar-refractivity contribution < 1.29 is 19.4 Å². The van der Waals surface area contributed by atoms with Crippen LogP contribution in [0.3, 0.4) is 0 Å². The van der Waals surface area contributed by atoms with E-state index in [0.717, 1.165) is 12.0 Å². The maximum absolute atomic E-state index is 11.4. The number of benzene rings is 1. The number of hydrogen-bond acceptors (Lipinski definition) is 4. The number of ether oxygens (including phenoxy) is 2. The summed E-state index contributed by atoms with van der Waals surface area (Å²) < 4.78 is 11.5. The van der Waals surface area contributed by atoms with E-state index in [-0.39, 0.29) is 17.5 Å². The number of ketones is 1. The molecule has 2 aliphatic rings. The van der Waals surface area contributed by atoms with E-state index in [0.29, 0.717) is 24.3 Å². The van der Waals surface area contributed by atoms with Crippen molar-refractivity contribution in [3.05, 3.63) is 23.3 Å². The molecule has 1 N–H and O–H groups in total. The number of aromatic hydroxyl groups is 1. The van der Waals surface area contributed by atoms with E-state index in [1.54, 1.807) is 12.1 Å². The van der Waals surface area contributed by atoms with Crippen LogP contribution in [0.4, 0.5) is 0 Å². The van der Waals surface area contributed by atoms with Gasteiger partial charge >= 0.3 is 0 Å². The summed E-state index contributed by atoms with van der Waals surface area (Å²) in [6, 6.07) is 3.35. The van der Waals surface area contributed by atoms with Crippen molar-refractivity contribution in [3.63, 3.8) is 0 Å². The quantitative estimate of drug-likeness (QED) is 0.775. The van der Waals surface area contributed by atoms with Gasteiger partial charge in [-0.2, -0.15) is 0 Å². The van der Waals surface area contributed by atoms with E-state index in [4.69, 9.17) is 9.47 Å². The fourth-order valence-corrected chi connectivity index (χ4v) is 2.84. The molecule has 1 saturated heterocycles. The van der Waals surface area contributed by atoms with Crippen molar-refractivity contribution in [2.75, 3.05) is 6.61 Å². The lowest BCUT2D eigenvalue weighted by Gasteiger charge is -2.36. The van der Waals surface area contributed by atoms with E-state index in [9.17, 15) is 9.90 Å². The Labute approximate surface area is 106 Å². The van der Waals surface area contributed by atoms with Crippen molar-refractivity contribution in [2.24, 2.45) is 5.92 Å². The van der Waals surface area contributed by atoms with E-state index < -0.39 is 5.79 Å². The van der Waals surface area contributed by atoms with Gasteiger partial charge in [0.05, 0.1) is 12.2 Å². The smallest absolute Gasteiger partial charge is 0.210 e. The Bertz CT molecular complexity index is 523. The van der Waals surface area contributed by atoms with Gasteiger partial charge in [0, 0.05) is 18.4 Å². The van der Waals surface area contributed by atoms with Crippen LogP contribution in [0.5, 0.6) is 11.5 Å². The number of fused-ring (bicyclic) bond motifs is 2. The topological polar surface area (TPSA) is 55.8 Å². The lowest BCUT2D eigenvalue weighted by Crippen LogP contribution is -2.42. The van der Waals surface area contributed by atoms with Gasteiger partial charge in [-0.05, 0) is 31.9 Å². The Balaban J connectivity index is 2.07.